The summed E-state index contributed by atoms with van der Waals surface area (Å²) in [6, 6.07) is 10.1. The summed E-state index contributed by atoms with van der Waals surface area (Å²) in [5.74, 6) is 0. The Morgan fingerprint density at radius 2 is 1.88 bits per heavy atom. The van der Waals surface area contributed by atoms with E-state index in [1.807, 2.05) is 25.1 Å². The first-order valence-electron chi connectivity index (χ1n) is 5.20. The molecule has 3 rings (SSSR count). The van der Waals surface area contributed by atoms with Gasteiger partial charge in [0.15, 0.2) is 0 Å². The number of aromatic nitrogens is 3. The Morgan fingerprint density at radius 1 is 1.06 bits per heavy atom. The van der Waals surface area contributed by atoms with Gasteiger partial charge in [0.05, 0.1) is 11.0 Å². The Balaban J connectivity index is 2.19. The molecule has 3 heteroatoms. The van der Waals surface area contributed by atoms with Crippen molar-refractivity contribution in [3.8, 4) is 11.3 Å². The van der Waals surface area contributed by atoms with Crippen LogP contribution in [0.1, 0.15) is 5.69 Å². The fourth-order valence-electron chi connectivity index (χ4n) is 1.80. The second-order valence-electron chi connectivity index (χ2n) is 3.80. The molecule has 16 heavy (non-hydrogen) atoms. The summed E-state index contributed by atoms with van der Waals surface area (Å²) in [4.78, 5) is 11.8. The molecule has 78 valence electrons. The standard InChI is InChI=1S/C13H11N3/c1-9-2-3-11-13(15-9)8-12(16-11)10-4-6-14-7-5-10/h2-8,16H,1H3. The zero-order chi connectivity index (χ0) is 11.0. The molecular formula is C13H11N3. The molecule has 0 aromatic carbocycles. The highest BCUT2D eigenvalue weighted by Gasteiger charge is 2.03. The van der Waals surface area contributed by atoms with Crippen molar-refractivity contribution in [3.63, 3.8) is 0 Å². The van der Waals surface area contributed by atoms with E-state index in [-0.39, 0.29) is 0 Å². The van der Waals surface area contributed by atoms with Crippen molar-refractivity contribution in [1.82, 2.24) is 15.0 Å². The van der Waals surface area contributed by atoms with E-state index in [0.29, 0.717) is 0 Å². The SMILES string of the molecule is Cc1ccc2[nH]c(-c3ccncc3)cc2n1. The molecular weight excluding hydrogens is 198 g/mol. The van der Waals surface area contributed by atoms with E-state index < -0.39 is 0 Å². The fourth-order valence-corrected chi connectivity index (χ4v) is 1.80. The molecule has 0 unspecified atom stereocenters. The van der Waals surface area contributed by atoms with Crippen LogP contribution in [0.15, 0.2) is 42.7 Å². The first kappa shape index (κ1) is 9.09. The minimum atomic E-state index is 1.01. The zero-order valence-corrected chi connectivity index (χ0v) is 8.94. The molecule has 0 aliphatic carbocycles. The Labute approximate surface area is 93.2 Å². The van der Waals surface area contributed by atoms with Gasteiger partial charge in [0, 0.05) is 29.3 Å². The van der Waals surface area contributed by atoms with E-state index in [9.17, 15) is 0 Å². The maximum absolute atomic E-state index is 4.47. The van der Waals surface area contributed by atoms with Crippen molar-refractivity contribution in [2.75, 3.05) is 0 Å². The van der Waals surface area contributed by atoms with Gasteiger partial charge < -0.3 is 4.98 Å². The van der Waals surface area contributed by atoms with Crippen LogP contribution in [0.3, 0.4) is 0 Å². The molecule has 3 nitrogen and oxygen atoms in total. The third kappa shape index (κ3) is 1.46. The monoisotopic (exact) mass is 209 g/mol. The number of hydrogen-bond acceptors (Lipinski definition) is 2. The Morgan fingerprint density at radius 3 is 2.69 bits per heavy atom. The topological polar surface area (TPSA) is 41.6 Å². The molecule has 0 spiro atoms. The van der Waals surface area contributed by atoms with Crippen LogP contribution >= 0.6 is 0 Å². The van der Waals surface area contributed by atoms with Crippen LogP contribution in [0.5, 0.6) is 0 Å². The van der Waals surface area contributed by atoms with E-state index in [2.05, 4.69) is 27.1 Å². The van der Waals surface area contributed by atoms with Gasteiger partial charge in [-0.3, -0.25) is 9.97 Å². The van der Waals surface area contributed by atoms with Gasteiger partial charge in [0.25, 0.3) is 0 Å². The number of hydrogen-bond donors (Lipinski definition) is 1. The number of aromatic amines is 1. The lowest BCUT2D eigenvalue weighted by Gasteiger charge is -1.94. The number of fused-ring (bicyclic) bond motifs is 1. The van der Waals surface area contributed by atoms with Gasteiger partial charge in [0.2, 0.25) is 0 Å². The third-order valence-electron chi connectivity index (χ3n) is 2.61. The van der Waals surface area contributed by atoms with Crippen LogP contribution in [0.2, 0.25) is 0 Å². The van der Waals surface area contributed by atoms with Gasteiger partial charge in [-0.2, -0.15) is 0 Å². The normalized spacial score (nSPS) is 10.8. The first-order chi connectivity index (χ1) is 7.83. The molecule has 3 heterocycles. The van der Waals surface area contributed by atoms with Crippen molar-refractivity contribution >= 4 is 11.0 Å². The molecule has 3 aromatic heterocycles. The van der Waals surface area contributed by atoms with Gasteiger partial charge >= 0.3 is 0 Å². The molecule has 0 amide bonds. The minimum Gasteiger partial charge on any atom is -0.353 e. The summed E-state index contributed by atoms with van der Waals surface area (Å²) in [7, 11) is 0. The highest BCUT2D eigenvalue weighted by molar-refractivity contribution is 5.82. The van der Waals surface area contributed by atoms with E-state index in [4.69, 9.17) is 0 Å². The van der Waals surface area contributed by atoms with Gasteiger partial charge in [-0.25, -0.2) is 0 Å². The number of rotatable bonds is 1. The first-order valence-corrected chi connectivity index (χ1v) is 5.20. The van der Waals surface area contributed by atoms with Crippen LogP contribution in [-0.4, -0.2) is 15.0 Å². The third-order valence-corrected chi connectivity index (χ3v) is 2.61. The van der Waals surface area contributed by atoms with Crippen molar-refractivity contribution in [2.45, 2.75) is 6.92 Å². The maximum Gasteiger partial charge on any atom is 0.0888 e. The lowest BCUT2D eigenvalue weighted by Crippen LogP contribution is -1.78. The van der Waals surface area contributed by atoms with E-state index >= 15 is 0 Å². The van der Waals surface area contributed by atoms with Gasteiger partial charge in [0.1, 0.15) is 0 Å². The molecule has 0 saturated heterocycles. The van der Waals surface area contributed by atoms with E-state index in [0.717, 1.165) is 28.0 Å². The number of nitrogens with zero attached hydrogens (tertiary/aromatic N) is 2. The molecule has 0 fully saturated rings. The highest BCUT2D eigenvalue weighted by atomic mass is 14.8. The second-order valence-corrected chi connectivity index (χ2v) is 3.80. The van der Waals surface area contributed by atoms with Crippen LogP contribution < -0.4 is 0 Å². The van der Waals surface area contributed by atoms with Crippen LogP contribution in [0.4, 0.5) is 0 Å². The summed E-state index contributed by atoms with van der Waals surface area (Å²) >= 11 is 0. The molecule has 0 bridgehead atoms. The smallest absolute Gasteiger partial charge is 0.0888 e. The van der Waals surface area contributed by atoms with Crippen molar-refractivity contribution < 1.29 is 0 Å². The second kappa shape index (κ2) is 3.45. The quantitative estimate of drug-likeness (QED) is 0.669. The largest absolute Gasteiger partial charge is 0.353 e. The Kier molecular flexibility index (Phi) is 1.96. The summed E-state index contributed by atoms with van der Waals surface area (Å²) in [6.45, 7) is 2.00. The maximum atomic E-state index is 4.47. The van der Waals surface area contributed by atoms with E-state index in [1.165, 1.54) is 0 Å². The van der Waals surface area contributed by atoms with Gasteiger partial charge in [-0.05, 0) is 37.3 Å². The van der Waals surface area contributed by atoms with Crippen LogP contribution in [-0.2, 0) is 0 Å². The average molecular weight is 209 g/mol. The lowest BCUT2D eigenvalue weighted by molar-refractivity contribution is 1.26. The lowest BCUT2D eigenvalue weighted by atomic mass is 10.2. The zero-order valence-electron chi connectivity index (χ0n) is 8.94. The molecule has 3 aromatic rings. The summed E-state index contributed by atoms with van der Waals surface area (Å²) in [6.07, 6.45) is 3.58. The molecule has 0 radical (unpaired) electrons. The summed E-state index contributed by atoms with van der Waals surface area (Å²) < 4.78 is 0. The van der Waals surface area contributed by atoms with Crippen molar-refractivity contribution in [1.29, 1.82) is 0 Å². The van der Waals surface area contributed by atoms with Gasteiger partial charge in [-0.1, -0.05) is 0 Å². The number of pyridine rings is 2. The average Bonchev–Trinajstić information content (AvgIpc) is 2.73. The van der Waals surface area contributed by atoms with Crippen molar-refractivity contribution in [3.05, 3.63) is 48.4 Å². The highest BCUT2D eigenvalue weighted by Crippen LogP contribution is 2.22. The van der Waals surface area contributed by atoms with Crippen molar-refractivity contribution in [2.24, 2.45) is 0 Å². The Hall–Kier alpha value is -2.16. The van der Waals surface area contributed by atoms with Crippen LogP contribution in [0.25, 0.3) is 22.3 Å². The molecule has 1 N–H and O–H groups in total. The molecule has 0 atom stereocenters. The van der Waals surface area contributed by atoms with E-state index in [1.54, 1.807) is 12.4 Å². The van der Waals surface area contributed by atoms with Gasteiger partial charge in [-0.15, -0.1) is 0 Å². The molecule has 0 aliphatic rings. The number of H-pyrrole nitrogens is 1. The minimum absolute atomic E-state index is 1.01. The number of aryl methyl sites for hydroxylation is 1. The summed E-state index contributed by atoms with van der Waals surface area (Å²) in [5, 5.41) is 0. The Bertz CT molecular complexity index is 626. The molecule has 0 saturated carbocycles. The predicted octanol–water partition coefficient (Wildman–Crippen LogP) is 2.93. The predicted molar refractivity (Wildman–Crippen MR) is 64.1 cm³/mol. The van der Waals surface area contributed by atoms with Crippen LogP contribution in [0, 0.1) is 6.92 Å². The molecule has 0 aliphatic heterocycles. The fraction of sp³-hybridized carbons (Fsp3) is 0.0769. The number of nitrogens with one attached hydrogen (secondary N) is 1. The summed E-state index contributed by atoms with van der Waals surface area (Å²) in [5.41, 5.74) is 5.32.